The molecule has 0 radical (unpaired) electrons. The molecule has 1 aliphatic rings. The molecule has 2 atom stereocenters. The number of fused-ring (bicyclic) bond motifs is 2. The molecule has 2 unspecified atom stereocenters. The first-order chi connectivity index (χ1) is 16.4. The normalized spacial score (nSPS) is 18.1. The zero-order valence-electron chi connectivity index (χ0n) is 18.9. The molecule has 1 aromatic carbocycles. The van der Waals surface area contributed by atoms with Gasteiger partial charge in [0.05, 0.1) is 33.7 Å². The smallest absolute Gasteiger partial charge is 0.325 e. The zero-order valence-corrected chi connectivity index (χ0v) is 19.7. The fraction of sp³-hybridized carbons (Fsp3) is 0.292. The summed E-state index contributed by atoms with van der Waals surface area (Å²) < 4.78 is 27.7. The molecule has 0 bridgehead atoms. The number of hydrogen-bond acceptors (Lipinski definition) is 6. The second-order valence-corrected chi connectivity index (χ2v) is 9.19. The lowest BCUT2D eigenvalue weighted by atomic mass is 10.2. The van der Waals surface area contributed by atoms with E-state index >= 15 is 0 Å². The van der Waals surface area contributed by atoms with Crippen LogP contribution in [0.5, 0.6) is 11.5 Å². The van der Waals surface area contributed by atoms with Crippen LogP contribution in [0.25, 0.3) is 21.1 Å². The summed E-state index contributed by atoms with van der Waals surface area (Å²) in [7, 11) is 3.04. The van der Waals surface area contributed by atoms with Crippen molar-refractivity contribution in [3.63, 3.8) is 0 Å². The highest BCUT2D eigenvalue weighted by Gasteiger charge is 2.36. The van der Waals surface area contributed by atoms with Crippen LogP contribution in [-0.4, -0.2) is 65.9 Å². The third-order valence-electron chi connectivity index (χ3n) is 5.98. The number of nitrogens with zero attached hydrogens (tertiary/aromatic N) is 3. The van der Waals surface area contributed by atoms with Gasteiger partial charge in [0.25, 0.3) is 5.91 Å². The van der Waals surface area contributed by atoms with Crippen LogP contribution in [0, 0.1) is 6.92 Å². The van der Waals surface area contributed by atoms with Crippen LogP contribution < -0.4 is 10.1 Å². The van der Waals surface area contributed by atoms with Gasteiger partial charge in [-0.3, -0.25) is 14.3 Å². The zero-order chi connectivity index (χ0) is 24.0. The number of thiophene rings is 1. The first kappa shape index (κ1) is 22.3. The molecule has 2 amide bonds. The number of amides is 2. The van der Waals surface area contributed by atoms with E-state index in [0.29, 0.717) is 21.9 Å². The fourth-order valence-corrected chi connectivity index (χ4v) is 5.32. The highest BCUT2D eigenvalue weighted by molar-refractivity contribution is 7.21. The summed E-state index contributed by atoms with van der Waals surface area (Å²) in [5.41, 5.74) is 2.22. The van der Waals surface area contributed by atoms with Gasteiger partial charge in [0.1, 0.15) is 23.8 Å². The Bertz CT molecular complexity index is 1420. The van der Waals surface area contributed by atoms with Crippen molar-refractivity contribution in [1.82, 2.24) is 19.8 Å². The van der Waals surface area contributed by atoms with E-state index in [1.54, 1.807) is 36.0 Å². The number of carbonyl (C=O) groups is 2. The monoisotopic (exact) mass is 482 g/mol. The van der Waals surface area contributed by atoms with Crippen LogP contribution >= 0.6 is 11.3 Å². The fourth-order valence-electron chi connectivity index (χ4n) is 4.28. The minimum absolute atomic E-state index is 0.0114. The average Bonchev–Trinajstić information content (AvgIpc) is 3.52. The molecule has 1 N–H and O–H groups in total. The molecular formula is C24H23FN4O4S. The first-order valence-electron chi connectivity index (χ1n) is 10.8. The van der Waals surface area contributed by atoms with Gasteiger partial charge in [0, 0.05) is 37.5 Å². The average molecular weight is 483 g/mol. The number of nitrogens with one attached hydrogen (secondary N) is 1. The minimum atomic E-state index is -1.20. The molecule has 1 saturated heterocycles. The Hall–Kier alpha value is -3.50. The summed E-state index contributed by atoms with van der Waals surface area (Å²) in [6.45, 7) is 2.10. The van der Waals surface area contributed by atoms with Gasteiger partial charge in [-0.05, 0) is 37.3 Å². The van der Waals surface area contributed by atoms with Crippen molar-refractivity contribution in [2.45, 2.75) is 19.2 Å². The van der Waals surface area contributed by atoms with Gasteiger partial charge in [0.15, 0.2) is 0 Å². The van der Waals surface area contributed by atoms with Crippen molar-refractivity contribution in [2.24, 2.45) is 0 Å². The summed E-state index contributed by atoms with van der Waals surface area (Å²) in [5, 5.41) is 3.51. The number of ether oxygens (including phenoxy) is 2. The van der Waals surface area contributed by atoms with Crippen LogP contribution in [0.2, 0.25) is 0 Å². The van der Waals surface area contributed by atoms with E-state index in [4.69, 9.17) is 9.47 Å². The Morgan fingerprint density at radius 2 is 2.03 bits per heavy atom. The van der Waals surface area contributed by atoms with E-state index in [1.165, 1.54) is 23.3 Å². The number of methoxy groups -OCH3 is 1. The second-order valence-electron chi connectivity index (χ2n) is 8.13. The number of pyridine rings is 1. The summed E-state index contributed by atoms with van der Waals surface area (Å²) in [5.74, 6) is 0.914. The third-order valence-corrected chi connectivity index (χ3v) is 7.10. The molecule has 5 rings (SSSR count). The van der Waals surface area contributed by atoms with Crippen molar-refractivity contribution >= 4 is 44.4 Å². The lowest BCUT2D eigenvalue weighted by Gasteiger charge is -2.14. The largest absolute Gasteiger partial charge is 0.456 e. The lowest BCUT2D eigenvalue weighted by Crippen LogP contribution is -2.29. The summed E-state index contributed by atoms with van der Waals surface area (Å²) in [6.07, 6.45) is -0.179. The van der Waals surface area contributed by atoms with E-state index in [2.05, 4.69) is 10.3 Å². The van der Waals surface area contributed by atoms with Crippen molar-refractivity contribution in [2.75, 3.05) is 27.2 Å². The highest BCUT2D eigenvalue weighted by atomic mass is 32.1. The maximum atomic E-state index is 14.1. The van der Waals surface area contributed by atoms with Crippen molar-refractivity contribution < 1.29 is 23.5 Å². The van der Waals surface area contributed by atoms with Gasteiger partial charge >= 0.3 is 6.03 Å². The van der Waals surface area contributed by atoms with Gasteiger partial charge in [-0.25, -0.2) is 9.18 Å². The number of carbonyl (C=O) groups excluding carboxylic acids is 2. The quantitative estimate of drug-likeness (QED) is 0.468. The number of halogens is 1. The van der Waals surface area contributed by atoms with E-state index in [9.17, 15) is 14.0 Å². The SMILES string of the molecule is CNC(=O)n1c(C)cc2cc(Oc3ccnc4cc(C(=O)N5CC(F)C(OC)C5)sc34)ccc21. The molecule has 34 heavy (non-hydrogen) atoms. The Balaban J connectivity index is 1.44. The van der Waals surface area contributed by atoms with Gasteiger partial charge in [-0.1, -0.05) is 0 Å². The minimum Gasteiger partial charge on any atom is -0.456 e. The standard InChI is InChI=1S/C24H23FN4O4S/c1-13-8-14-9-15(4-5-18(14)29(13)24(31)26-2)33-19-6-7-27-17-10-21(34-22(17)19)23(30)28-11-16(25)20(12-28)32-3/h4-10,16,20H,11-12H2,1-3H3,(H,26,31). The predicted molar refractivity (Wildman–Crippen MR) is 128 cm³/mol. The van der Waals surface area contributed by atoms with Crippen LogP contribution in [0.3, 0.4) is 0 Å². The summed E-state index contributed by atoms with van der Waals surface area (Å²) >= 11 is 1.27. The van der Waals surface area contributed by atoms with Crippen molar-refractivity contribution in [3.8, 4) is 11.5 Å². The number of benzene rings is 1. The summed E-state index contributed by atoms with van der Waals surface area (Å²) in [6, 6.07) is 10.7. The molecular weight excluding hydrogens is 459 g/mol. The lowest BCUT2D eigenvalue weighted by molar-refractivity contribution is 0.0596. The molecule has 3 aromatic heterocycles. The van der Waals surface area contributed by atoms with E-state index in [0.717, 1.165) is 21.3 Å². The van der Waals surface area contributed by atoms with Crippen LogP contribution in [0.15, 0.2) is 42.6 Å². The van der Waals surface area contributed by atoms with Crippen LogP contribution in [0.1, 0.15) is 15.4 Å². The molecule has 0 spiro atoms. The topological polar surface area (TPSA) is 85.7 Å². The molecule has 0 aliphatic carbocycles. The number of alkyl halides is 1. The number of hydrogen-bond donors (Lipinski definition) is 1. The molecule has 0 saturated carbocycles. The Morgan fingerprint density at radius 1 is 1.21 bits per heavy atom. The van der Waals surface area contributed by atoms with Gasteiger partial charge in [-0.2, -0.15) is 0 Å². The molecule has 8 nitrogen and oxygen atoms in total. The third kappa shape index (κ3) is 3.78. The first-order valence-corrected chi connectivity index (χ1v) is 11.6. The van der Waals surface area contributed by atoms with E-state index in [-0.39, 0.29) is 25.0 Å². The van der Waals surface area contributed by atoms with Gasteiger partial charge in [-0.15, -0.1) is 11.3 Å². The van der Waals surface area contributed by atoms with Crippen molar-refractivity contribution in [3.05, 3.63) is 53.2 Å². The second kappa shape index (κ2) is 8.69. The Morgan fingerprint density at radius 3 is 2.76 bits per heavy atom. The maximum Gasteiger partial charge on any atom is 0.325 e. The van der Waals surface area contributed by atoms with Crippen molar-refractivity contribution in [1.29, 1.82) is 0 Å². The van der Waals surface area contributed by atoms with Crippen LogP contribution in [-0.2, 0) is 4.74 Å². The molecule has 1 aliphatic heterocycles. The molecule has 4 heterocycles. The number of likely N-dealkylation sites (tertiary alicyclic amines) is 1. The van der Waals surface area contributed by atoms with Gasteiger partial charge in [0.2, 0.25) is 0 Å². The highest BCUT2D eigenvalue weighted by Crippen LogP contribution is 2.37. The Labute approximate surface area is 198 Å². The number of rotatable bonds is 4. The Kier molecular flexibility index (Phi) is 5.70. The van der Waals surface area contributed by atoms with E-state index in [1.807, 2.05) is 25.1 Å². The maximum absolute atomic E-state index is 14.1. The molecule has 176 valence electrons. The van der Waals surface area contributed by atoms with Crippen LogP contribution in [0.4, 0.5) is 9.18 Å². The molecule has 1 fully saturated rings. The molecule has 10 heteroatoms. The number of aromatic nitrogens is 2. The molecule has 4 aromatic rings. The number of aryl methyl sites for hydroxylation is 1. The summed E-state index contributed by atoms with van der Waals surface area (Å²) in [4.78, 5) is 31.5. The van der Waals surface area contributed by atoms with E-state index < -0.39 is 12.3 Å². The van der Waals surface area contributed by atoms with Gasteiger partial charge < -0.3 is 19.7 Å². The predicted octanol–water partition coefficient (Wildman–Crippen LogP) is 4.35.